The Labute approximate surface area is 128 Å². The third-order valence-corrected chi connectivity index (χ3v) is 5.24. The summed E-state index contributed by atoms with van der Waals surface area (Å²) in [6, 6.07) is 2.25. The third kappa shape index (κ3) is 3.64. The van der Waals surface area contributed by atoms with Crippen LogP contribution in [0, 0.1) is 0 Å². The van der Waals surface area contributed by atoms with Crippen LogP contribution in [0.25, 0.3) is 0 Å². The van der Waals surface area contributed by atoms with Gasteiger partial charge in [0.25, 0.3) is 5.91 Å². The molecule has 1 fully saturated rings. The van der Waals surface area contributed by atoms with Crippen molar-refractivity contribution in [3.05, 3.63) is 21.4 Å². The number of ether oxygens (including phenoxy) is 1. The maximum Gasteiger partial charge on any atom is 0.349 e. The summed E-state index contributed by atoms with van der Waals surface area (Å²) >= 11 is 1.53. The lowest BCUT2D eigenvalue weighted by atomic mass is 10.1. The molecule has 1 N–H and O–H groups in total. The minimum absolute atomic E-state index is 0.191. The maximum absolute atomic E-state index is 12.2. The van der Waals surface area contributed by atoms with Crippen LogP contribution < -0.4 is 5.32 Å². The lowest BCUT2D eigenvalue weighted by Gasteiger charge is -2.12. The van der Waals surface area contributed by atoms with E-state index in [0.29, 0.717) is 4.88 Å². The molecule has 0 saturated heterocycles. The molecule has 1 saturated carbocycles. The fourth-order valence-electron chi connectivity index (χ4n) is 2.59. The summed E-state index contributed by atoms with van der Waals surface area (Å²) in [6.45, 7) is 1.63. The highest BCUT2D eigenvalue weighted by Crippen LogP contribution is 2.29. The lowest BCUT2D eigenvalue weighted by Crippen LogP contribution is -2.36. The summed E-state index contributed by atoms with van der Waals surface area (Å²) in [5.41, 5.74) is 1.29. The maximum atomic E-state index is 12.2. The molecule has 114 valence electrons. The smallest absolute Gasteiger partial charge is 0.349 e. The second kappa shape index (κ2) is 6.18. The number of nitrogens with one attached hydrogen (secondary N) is 1. The van der Waals surface area contributed by atoms with Gasteiger partial charge in [0.1, 0.15) is 4.88 Å². The molecular formula is C16H21NO3S. The Morgan fingerprint density at radius 3 is 2.81 bits per heavy atom. The molecule has 0 spiro atoms. The second-order valence-corrected chi connectivity index (χ2v) is 7.09. The zero-order valence-electron chi connectivity index (χ0n) is 12.3. The number of fused-ring (bicyclic) bond motifs is 1. The number of carbonyl (C=O) groups is 2. The molecule has 1 unspecified atom stereocenters. The van der Waals surface area contributed by atoms with Crippen LogP contribution in [0.5, 0.6) is 0 Å². The molecule has 21 heavy (non-hydrogen) atoms. The van der Waals surface area contributed by atoms with Crippen molar-refractivity contribution in [2.24, 2.45) is 0 Å². The number of hydrogen-bond acceptors (Lipinski definition) is 4. The van der Waals surface area contributed by atoms with Gasteiger partial charge in [0.05, 0.1) is 0 Å². The molecule has 0 aliphatic heterocycles. The normalized spacial score (nSPS) is 19.3. The molecule has 2 aliphatic carbocycles. The summed E-state index contributed by atoms with van der Waals surface area (Å²) in [4.78, 5) is 25.9. The van der Waals surface area contributed by atoms with Crippen molar-refractivity contribution in [2.45, 2.75) is 64.0 Å². The van der Waals surface area contributed by atoms with Crippen molar-refractivity contribution in [3.8, 4) is 0 Å². The lowest BCUT2D eigenvalue weighted by molar-refractivity contribution is -0.129. The van der Waals surface area contributed by atoms with Gasteiger partial charge in [-0.05, 0) is 57.1 Å². The van der Waals surface area contributed by atoms with Gasteiger partial charge in [-0.25, -0.2) is 4.79 Å². The Morgan fingerprint density at radius 1 is 1.29 bits per heavy atom. The summed E-state index contributed by atoms with van der Waals surface area (Å²) < 4.78 is 5.30. The SMILES string of the molecule is CC(OC(=O)c1cc2c(s1)CCCCC2)C(=O)NC1CC1. The zero-order valence-corrected chi connectivity index (χ0v) is 13.1. The van der Waals surface area contributed by atoms with Gasteiger partial charge in [-0.1, -0.05) is 6.42 Å². The predicted molar refractivity (Wildman–Crippen MR) is 81.6 cm³/mol. The quantitative estimate of drug-likeness (QED) is 0.687. The molecular weight excluding hydrogens is 286 g/mol. The van der Waals surface area contributed by atoms with Gasteiger partial charge in [0.15, 0.2) is 6.10 Å². The average molecular weight is 307 g/mol. The van der Waals surface area contributed by atoms with Gasteiger partial charge in [0.2, 0.25) is 0 Å². The molecule has 0 aromatic carbocycles. The van der Waals surface area contributed by atoms with Gasteiger partial charge in [-0.2, -0.15) is 0 Å². The van der Waals surface area contributed by atoms with E-state index in [4.69, 9.17) is 4.74 Å². The summed E-state index contributed by atoms with van der Waals surface area (Å²) in [5, 5.41) is 2.85. The summed E-state index contributed by atoms with van der Waals surface area (Å²) in [7, 11) is 0. The van der Waals surface area contributed by atoms with E-state index >= 15 is 0 Å². The number of hydrogen-bond donors (Lipinski definition) is 1. The van der Waals surface area contributed by atoms with Crippen molar-refractivity contribution < 1.29 is 14.3 Å². The first-order valence-corrected chi connectivity index (χ1v) is 8.58. The number of carbonyl (C=O) groups excluding carboxylic acids is 2. The van der Waals surface area contributed by atoms with Crippen molar-refractivity contribution in [2.75, 3.05) is 0 Å². The van der Waals surface area contributed by atoms with E-state index in [-0.39, 0.29) is 17.9 Å². The fraction of sp³-hybridized carbons (Fsp3) is 0.625. The summed E-state index contributed by atoms with van der Waals surface area (Å²) in [5.74, 6) is -0.560. The van der Waals surface area contributed by atoms with E-state index in [1.807, 2.05) is 6.07 Å². The van der Waals surface area contributed by atoms with Crippen LogP contribution in [-0.4, -0.2) is 24.0 Å². The number of rotatable bonds is 4. The minimum Gasteiger partial charge on any atom is -0.448 e. The molecule has 1 atom stereocenters. The van der Waals surface area contributed by atoms with Crippen molar-refractivity contribution in [3.63, 3.8) is 0 Å². The van der Waals surface area contributed by atoms with Gasteiger partial charge in [0, 0.05) is 10.9 Å². The first-order chi connectivity index (χ1) is 10.1. The molecule has 4 nitrogen and oxygen atoms in total. The number of esters is 1. The Bertz CT molecular complexity index is 524. The van der Waals surface area contributed by atoms with Crippen LogP contribution in [0.15, 0.2) is 6.07 Å². The van der Waals surface area contributed by atoms with Crippen LogP contribution in [0.2, 0.25) is 0 Å². The zero-order chi connectivity index (χ0) is 14.8. The van der Waals surface area contributed by atoms with E-state index in [1.54, 1.807) is 6.92 Å². The average Bonchev–Trinajstić information content (AvgIpc) is 3.22. The second-order valence-electron chi connectivity index (χ2n) is 5.95. The Morgan fingerprint density at radius 2 is 2.05 bits per heavy atom. The largest absolute Gasteiger partial charge is 0.448 e. The molecule has 0 bridgehead atoms. The highest BCUT2D eigenvalue weighted by Gasteiger charge is 2.28. The number of thiophene rings is 1. The standard InChI is InChI=1S/C16H21NO3S/c1-10(15(18)17-12-7-8-12)20-16(19)14-9-11-5-3-2-4-6-13(11)21-14/h9-10,12H,2-8H2,1H3,(H,17,18). The van der Waals surface area contributed by atoms with E-state index in [9.17, 15) is 9.59 Å². The van der Waals surface area contributed by atoms with Gasteiger partial charge in [-0.15, -0.1) is 11.3 Å². The monoisotopic (exact) mass is 307 g/mol. The van der Waals surface area contributed by atoms with E-state index in [1.165, 1.54) is 41.0 Å². The van der Waals surface area contributed by atoms with E-state index < -0.39 is 6.10 Å². The predicted octanol–water partition coefficient (Wildman–Crippen LogP) is 2.84. The number of amides is 1. The van der Waals surface area contributed by atoms with E-state index in [2.05, 4.69) is 5.32 Å². The fourth-order valence-corrected chi connectivity index (χ4v) is 3.72. The van der Waals surface area contributed by atoms with E-state index in [0.717, 1.165) is 25.7 Å². The topological polar surface area (TPSA) is 55.4 Å². The summed E-state index contributed by atoms with van der Waals surface area (Å²) in [6.07, 6.45) is 7.11. The Kier molecular flexibility index (Phi) is 4.29. The number of aryl methyl sites for hydroxylation is 2. The minimum atomic E-state index is -0.722. The first-order valence-electron chi connectivity index (χ1n) is 7.76. The van der Waals surface area contributed by atoms with Crippen LogP contribution in [0.1, 0.15) is 59.1 Å². The first kappa shape index (κ1) is 14.6. The van der Waals surface area contributed by atoms with Gasteiger partial charge < -0.3 is 10.1 Å². The highest BCUT2D eigenvalue weighted by molar-refractivity contribution is 7.14. The Hall–Kier alpha value is -1.36. The van der Waals surface area contributed by atoms with Crippen molar-refractivity contribution >= 4 is 23.2 Å². The van der Waals surface area contributed by atoms with Crippen LogP contribution in [-0.2, 0) is 22.4 Å². The molecule has 1 amide bonds. The highest BCUT2D eigenvalue weighted by atomic mass is 32.1. The Balaban J connectivity index is 1.60. The molecule has 5 heteroatoms. The van der Waals surface area contributed by atoms with Gasteiger partial charge >= 0.3 is 5.97 Å². The third-order valence-electron chi connectivity index (χ3n) is 4.02. The molecule has 2 aliphatic rings. The molecule has 0 radical (unpaired) electrons. The molecule has 3 rings (SSSR count). The molecule has 1 aromatic heterocycles. The van der Waals surface area contributed by atoms with Crippen LogP contribution >= 0.6 is 11.3 Å². The van der Waals surface area contributed by atoms with Crippen LogP contribution in [0.3, 0.4) is 0 Å². The van der Waals surface area contributed by atoms with Gasteiger partial charge in [-0.3, -0.25) is 4.79 Å². The van der Waals surface area contributed by atoms with Crippen LogP contribution in [0.4, 0.5) is 0 Å². The van der Waals surface area contributed by atoms with Crippen molar-refractivity contribution in [1.29, 1.82) is 0 Å². The molecule has 1 heterocycles. The van der Waals surface area contributed by atoms with Crippen molar-refractivity contribution in [1.82, 2.24) is 5.32 Å². The molecule has 1 aromatic rings.